The third kappa shape index (κ3) is 4.71. The minimum absolute atomic E-state index is 0.0872. The van der Waals surface area contributed by atoms with Crippen molar-refractivity contribution < 1.29 is 4.79 Å². The normalized spacial score (nSPS) is 15.8. The molecule has 30 heavy (non-hydrogen) atoms. The highest BCUT2D eigenvalue weighted by atomic mass is 35.5. The maximum atomic E-state index is 12.0. The molecule has 0 saturated carbocycles. The lowest BCUT2D eigenvalue weighted by atomic mass is 10.0. The molecule has 6 nitrogen and oxygen atoms in total. The zero-order chi connectivity index (χ0) is 20.9. The van der Waals surface area contributed by atoms with E-state index in [0.29, 0.717) is 23.4 Å². The van der Waals surface area contributed by atoms with Crippen molar-refractivity contribution in [2.45, 2.75) is 11.7 Å². The van der Waals surface area contributed by atoms with Gasteiger partial charge < -0.3 is 10.6 Å². The van der Waals surface area contributed by atoms with Gasteiger partial charge in [-0.3, -0.25) is 4.79 Å². The van der Waals surface area contributed by atoms with Crippen LogP contribution in [-0.2, 0) is 4.79 Å². The molecule has 1 aliphatic heterocycles. The van der Waals surface area contributed by atoms with E-state index in [2.05, 4.69) is 27.2 Å². The Bertz CT molecular complexity index is 1120. The molecule has 0 aliphatic carbocycles. The fourth-order valence-corrected chi connectivity index (χ4v) is 4.21. The number of nitrogens with one attached hydrogen (secondary N) is 2. The van der Waals surface area contributed by atoms with Crippen LogP contribution in [-0.4, -0.2) is 46.7 Å². The van der Waals surface area contributed by atoms with Crippen molar-refractivity contribution in [3.05, 3.63) is 65.2 Å². The molecule has 3 aromatic rings. The molecule has 2 N–H and O–H groups in total. The van der Waals surface area contributed by atoms with Crippen molar-refractivity contribution in [1.29, 1.82) is 0 Å². The zero-order valence-corrected chi connectivity index (χ0v) is 18.1. The van der Waals surface area contributed by atoms with E-state index in [0.717, 1.165) is 34.6 Å². The van der Waals surface area contributed by atoms with Crippen molar-refractivity contribution in [1.82, 2.24) is 19.9 Å². The Balaban J connectivity index is 1.43. The molecule has 152 valence electrons. The Hall–Kier alpha value is -2.71. The average Bonchev–Trinajstić information content (AvgIpc) is 3.40. The molecule has 0 spiro atoms. The van der Waals surface area contributed by atoms with Crippen LogP contribution in [0.15, 0.2) is 60.2 Å². The highest BCUT2D eigenvalue weighted by molar-refractivity contribution is 8.03. The van der Waals surface area contributed by atoms with Crippen LogP contribution in [0.5, 0.6) is 0 Å². The topological polar surface area (TPSA) is 71.3 Å². The molecule has 0 bridgehead atoms. The fraction of sp³-hybridized carbons (Fsp3) is 0.190. The van der Waals surface area contributed by atoms with Crippen molar-refractivity contribution in [3.63, 3.8) is 0 Å². The van der Waals surface area contributed by atoms with Crippen LogP contribution in [0.4, 0.5) is 5.82 Å². The van der Waals surface area contributed by atoms with Crippen LogP contribution >= 0.6 is 23.4 Å². The lowest BCUT2D eigenvalue weighted by Crippen LogP contribution is -2.27. The number of anilines is 1. The predicted octanol–water partition coefficient (Wildman–Crippen LogP) is 2.41. The first-order valence-electron chi connectivity index (χ1n) is 9.72. The number of hydrogen-bond acceptors (Lipinski definition) is 5. The molecule has 1 aromatic carbocycles. The summed E-state index contributed by atoms with van der Waals surface area (Å²) in [7, 11) is 1.97. The van der Waals surface area contributed by atoms with Gasteiger partial charge in [0.2, 0.25) is 5.91 Å². The summed E-state index contributed by atoms with van der Waals surface area (Å²) in [6.07, 6.45) is 8.44. The molecular formula is C21H21BClN5OS. The number of hydrogen-bond donors (Lipinski definition) is 2. The average molecular weight is 438 g/mol. The van der Waals surface area contributed by atoms with E-state index in [1.165, 1.54) is 0 Å². The van der Waals surface area contributed by atoms with Crippen LogP contribution in [0.2, 0.25) is 5.02 Å². The van der Waals surface area contributed by atoms with E-state index in [4.69, 9.17) is 16.6 Å². The predicted molar refractivity (Wildman–Crippen MR) is 127 cm³/mol. The Morgan fingerprint density at radius 1 is 1.37 bits per heavy atom. The smallest absolute Gasteiger partial charge is 0.243 e. The van der Waals surface area contributed by atoms with Gasteiger partial charge in [-0.2, -0.15) is 9.61 Å². The lowest BCUT2D eigenvalue weighted by molar-refractivity contribution is -0.116. The molecule has 3 heterocycles. The number of carbonyl (C=O) groups is 1. The van der Waals surface area contributed by atoms with Crippen LogP contribution < -0.4 is 16.1 Å². The van der Waals surface area contributed by atoms with E-state index < -0.39 is 0 Å². The number of rotatable bonds is 7. The fourth-order valence-electron chi connectivity index (χ4n) is 3.16. The van der Waals surface area contributed by atoms with Crippen LogP contribution in [0.1, 0.15) is 6.42 Å². The second-order valence-electron chi connectivity index (χ2n) is 6.93. The molecule has 9 heteroatoms. The van der Waals surface area contributed by atoms with Gasteiger partial charge in [-0.25, -0.2) is 4.98 Å². The van der Waals surface area contributed by atoms with Gasteiger partial charge in [0.15, 0.2) is 5.65 Å². The highest BCUT2D eigenvalue weighted by Crippen LogP contribution is 2.28. The number of fused-ring (bicyclic) bond motifs is 1. The second kappa shape index (κ2) is 9.41. The van der Waals surface area contributed by atoms with Gasteiger partial charge in [0.25, 0.3) is 0 Å². The van der Waals surface area contributed by atoms with Crippen LogP contribution in [0.3, 0.4) is 0 Å². The molecule has 1 amide bonds. The summed E-state index contributed by atoms with van der Waals surface area (Å²) in [6.45, 7) is 1.05. The number of carbonyl (C=O) groups excluding carboxylic acids is 1. The van der Waals surface area contributed by atoms with Gasteiger partial charge in [-0.05, 0) is 23.4 Å². The first kappa shape index (κ1) is 20.6. The minimum atomic E-state index is -0.0872. The summed E-state index contributed by atoms with van der Waals surface area (Å²) < 4.78 is 1.77. The van der Waals surface area contributed by atoms with E-state index in [1.54, 1.807) is 28.6 Å². The van der Waals surface area contributed by atoms with Gasteiger partial charge >= 0.3 is 0 Å². The third-order valence-corrected chi connectivity index (χ3v) is 6.09. The van der Waals surface area contributed by atoms with E-state index in [9.17, 15) is 4.79 Å². The number of benzene rings is 1. The summed E-state index contributed by atoms with van der Waals surface area (Å²) in [5.74, 6) is 0.706. The lowest BCUT2D eigenvalue weighted by Gasteiger charge is -2.12. The second-order valence-corrected chi connectivity index (χ2v) is 8.49. The minimum Gasteiger partial charge on any atom is -0.368 e. The van der Waals surface area contributed by atoms with Crippen molar-refractivity contribution >= 4 is 54.0 Å². The van der Waals surface area contributed by atoms with Gasteiger partial charge in [0.05, 0.1) is 5.69 Å². The molecule has 1 aliphatic rings. The van der Waals surface area contributed by atoms with Gasteiger partial charge in [0, 0.05) is 47.3 Å². The van der Waals surface area contributed by atoms with Crippen molar-refractivity contribution in [3.8, 4) is 11.3 Å². The molecule has 1 unspecified atom stereocenters. The quantitative estimate of drug-likeness (QED) is 0.337. The maximum Gasteiger partial charge on any atom is 0.243 e. The van der Waals surface area contributed by atoms with Crippen LogP contribution in [0, 0.1) is 0 Å². The maximum absolute atomic E-state index is 12.0. The van der Waals surface area contributed by atoms with Crippen molar-refractivity contribution in [2.75, 3.05) is 18.4 Å². The number of halogens is 1. The first-order chi connectivity index (χ1) is 14.6. The third-order valence-electron chi connectivity index (χ3n) is 4.71. The van der Waals surface area contributed by atoms with E-state index >= 15 is 0 Å². The first-order valence-corrected chi connectivity index (χ1v) is 11.0. The molecule has 4 rings (SSSR count). The van der Waals surface area contributed by atoms with Crippen LogP contribution in [0.25, 0.3) is 16.9 Å². The zero-order valence-electron chi connectivity index (χ0n) is 16.5. The SMILES string of the molecule is Bc1cnn2c(NCCNC(=O)/C=C/C3CC=CS3)cc(-c3ccccc3Cl)nc12. The number of aromatic nitrogens is 3. The van der Waals surface area contributed by atoms with Gasteiger partial charge in [0.1, 0.15) is 13.7 Å². The van der Waals surface area contributed by atoms with Gasteiger partial charge in [-0.1, -0.05) is 42.0 Å². The van der Waals surface area contributed by atoms with E-state index in [1.807, 2.05) is 44.3 Å². The summed E-state index contributed by atoms with van der Waals surface area (Å²) in [5, 5.41) is 13.7. The molecule has 1 atom stereocenters. The summed E-state index contributed by atoms with van der Waals surface area (Å²) in [6, 6.07) is 9.55. The monoisotopic (exact) mass is 437 g/mol. The number of nitrogens with zero attached hydrogens (tertiary/aromatic N) is 3. The number of amides is 1. The summed E-state index contributed by atoms with van der Waals surface area (Å²) in [4.78, 5) is 16.7. The van der Waals surface area contributed by atoms with E-state index in [-0.39, 0.29) is 5.91 Å². The summed E-state index contributed by atoms with van der Waals surface area (Å²) in [5.41, 5.74) is 3.38. The largest absolute Gasteiger partial charge is 0.368 e. The molecule has 0 saturated heterocycles. The van der Waals surface area contributed by atoms with Gasteiger partial charge in [-0.15, -0.1) is 11.8 Å². The Kier molecular flexibility index (Phi) is 6.45. The summed E-state index contributed by atoms with van der Waals surface area (Å²) >= 11 is 8.10. The standard InChI is InChI=1S/C21H21BClN5OS/c22-16-13-26-28-19(12-18(27-21(16)28)15-5-1-2-6-17(15)23)24-9-10-25-20(29)8-7-14-4-3-11-30-14/h1-3,5-8,11-14,24H,4,9-10,22H2,(H,25,29)/b8-7+. The Morgan fingerprint density at radius 3 is 3.03 bits per heavy atom. The Labute approximate surface area is 185 Å². The molecule has 0 radical (unpaired) electrons. The number of thioether (sulfide) groups is 1. The molecular weight excluding hydrogens is 417 g/mol. The van der Waals surface area contributed by atoms with Crippen molar-refractivity contribution in [2.24, 2.45) is 0 Å². The molecule has 2 aromatic heterocycles. The number of allylic oxidation sites excluding steroid dienone is 1. The highest BCUT2D eigenvalue weighted by Gasteiger charge is 2.12. The Morgan fingerprint density at radius 2 is 2.23 bits per heavy atom. The molecule has 0 fully saturated rings.